The van der Waals surface area contributed by atoms with E-state index in [1.165, 1.54) is 0 Å². The molecule has 3 N–H and O–H groups in total. The number of methoxy groups -OCH3 is 1. The number of aliphatic hydroxyl groups excluding tert-OH is 1. The highest BCUT2D eigenvalue weighted by molar-refractivity contribution is 6.19. The zero-order chi connectivity index (χ0) is 35.7. The molecule has 0 spiro atoms. The van der Waals surface area contributed by atoms with Crippen molar-refractivity contribution in [1.29, 1.82) is 0 Å². The Bertz CT molecular complexity index is 1990. The van der Waals surface area contributed by atoms with Crippen molar-refractivity contribution < 1.29 is 43.5 Å². The Morgan fingerprint density at radius 3 is 2.37 bits per heavy atom. The highest BCUT2D eigenvalue weighted by Gasteiger charge is 2.36. The molecular weight excluding hydrogens is 680 g/mol. The van der Waals surface area contributed by atoms with E-state index in [2.05, 4.69) is 10.3 Å². The molecule has 1 aliphatic rings. The molecule has 14 heteroatoms. The summed E-state index contributed by atoms with van der Waals surface area (Å²) in [6.45, 7) is 3.05. The summed E-state index contributed by atoms with van der Waals surface area (Å²) >= 11 is 6.40. The third-order valence-electron chi connectivity index (χ3n) is 8.39. The Hall–Kier alpha value is -4.92. The van der Waals surface area contributed by atoms with Crippen LogP contribution < -0.4 is 19.7 Å². The van der Waals surface area contributed by atoms with Crippen molar-refractivity contribution in [3.05, 3.63) is 89.9 Å². The largest absolute Gasteiger partial charge is 0.507 e. The second-order valence-corrected chi connectivity index (χ2v) is 12.0. The fraction of sp³-hybridized carbons (Fsp3) is 0.324. The van der Waals surface area contributed by atoms with E-state index in [1.54, 1.807) is 77.3 Å². The van der Waals surface area contributed by atoms with Crippen LogP contribution in [0.25, 0.3) is 16.4 Å². The van der Waals surface area contributed by atoms with Gasteiger partial charge in [-0.25, -0.2) is 4.98 Å². The van der Waals surface area contributed by atoms with Gasteiger partial charge in [-0.05, 0) is 48.0 Å². The number of rotatable bonds is 17. The molecular formula is C37H39ClN4O9. The molecule has 0 bridgehead atoms. The third kappa shape index (κ3) is 8.19. The Kier molecular flexibility index (Phi) is 11.9. The van der Waals surface area contributed by atoms with Crippen LogP contribution in [0.1, 0.15) is 32.3 Å². The fourth-order valence-corrected chi connectivity index (χ4v) is 6.26. The number of carbonyl (C=O) groups is 2. The number of benzene rings is 3. The van der Waals surface area contributed by atoms with E-state index < -0.39 is 0 Å². The molecule has 13 nitrogen and oxygen atoms in total. The monoisotopic (exact) mass is 718 g/mol. The van der Waals surface area contributed by atoms with Crippen molar-refractivity contribution in [1.82, 2.24) is 9.38 Å². The molecule has 2 amide bonds. The van der Waals surface area contributed by atoms with Crippen molar-refractivity contribution in [3.63, 3.8) is 0 Å². The standard InChI is InChI=1S/C37H39ClN4O9/c1-47-32-4-2-3-28-31(44)19-30-34(35(28)32)25(20-38)21-42(30)37(46)29-23-41-22-26(7-10-33(41)40-29)39-36(45)24-5-8-27(9-6-24)51-18-17-50-16-15-49-14-13-48-12-11-43/h2-10,19,22-23,25,43-44H,11-18,20-21H2,1H3,(H,39,45)/t25-/m1/s1. The molecule has 6 rings (SSSR count). The van der Waals surface area contributed by atoms with Gasteiger partial charge in [-0.3, -0.25) is 9.59 Å². The third-order valence-corrected chi connectivity index (χ3v) is 8.77. The average molecular weight is 719 g/mol. The number of ether oxygens (including phenoxy) is 5. The summed E-state index contributed by atoms with van der Waals surface area (Å²) in [6.07, 6.45) is 3.30. The maximum atomic E-state index is 13.9. The van der Waals surface area contributed by atoms with Crippen LogP contribution in [0.5, 0.6) is 17.2 Å². The predicted molar refractivity (Wildman–Crippen MR) is 192 cm³/mol. The van der Waals surface area contributed by atoms with Crippen molar-refractivity contribution in [2.45, 2.75) is 5.92 Å². The Morgan fingerprint density at radius 1 is 0.941 bits per heavy atom. The van der Waals surface area contributed by atoms with Crippen molar-refractivity contribution in [2.24, 2.45) is 0 Å². The predicted octanol–water partition coefficient (Wildman–Crippen LogP) is 4.86. The quantitative estimate of drug-likeness (QED) is 0.0898. The number of amides is 2. The first-order valence-electron chi connectivity index (χ1n) is 16.5. The fourth-order valence-electron chi connectivity index (χ4n) is 6.01. The number of imidazole rings is 1. The summed E-state index contributed by atoms with van der Waals surface area (Å²) in [6, 6.07) is 17.2. The van der Waals surface area contributed by atoms with Crippen molar-refractivity contribution in [2.75, 3.05) is 82.6 Å². The van der Waals surface area contributed by atoms with Crippen LogP contribution in [0.4, 0.5) is 11.4 Å². The molecule has 5 aromatic rings. The lowest BCUT2D eigenvalue weighted by Crippen LogP contribution is -2.30. The number of nitrogens with zero attached hydrogens (tertiary/aromatic N) is 3. The average Bonchev–Trinajstić information content (AvgIpc) is 3.75. The summed E-state index contributed by atoms with van der Waals surface area (Å²) in [5.41, 5.74) is 3.09. The molecule has 2 aromatic heterocycles. The first-order chi connectivity index (χ1) is 24.9. The molecule has 0 radical (unpaired) electrons. The summed E-state index contributed by atoms with van der Waals surface area (Å²) in [5.74, 6) is 0.672. The second kappa shape index (κ2) is 16.9. The van der Waals surface area contributed by atoms with E-state index >= 15 is 0 Å². The van der Waals surface area contributed by atoms with E-state index in [9.17, 15) is 14.7 Å². The zero-order valence-electron chi connectivity index (χ0n) is 28.0. The molecule has 51 heavy (non-hydrogen) atoms. The van der Waals surface area contributed by atoms with E-state index in [0.717, 1.165) is 10.9 Å². The topological polar surface area (TPSA) is 153 Å². The van der Waals surface area contributed by atoms with Gasteiger partial charge in [-0.2, -0.15) is 0 Å². The lowest BCUT2D eigenvalue weighted by Gasteiger charge is -2.17. The SMILES string of the molecule is COc1cccc2c(O)cc3c(c12)[C@H](CCl)CN3C(=O)c1cn2cc(NC(=O)c3ccc(OCCOCCOCCOCCO)cc3)ccc2n1. The number of aromatic nitrogens is 2. The Morgan fingerprint density at radius 2 is 1.67 bits per heavy atom. The minimum atomic E-state index is -0.341. The first-order valence-corrected chi connectivity index (χ1v) is 17.0. The molecule has 1 aliphatic heterocycles. The van der Waals surface area contributed by atoms with Gasteiger partial charge in [0.15, 0.2) is 0 Å². The van der Waals surface area contributed by atoms with Gasteiger partial charge in [0.25, 0.3) is 11.8 Å². The highest BCUT2D eigenvalue weighted by Crippen LogP contribution is 2.48. The minimum absolute atomic E-state index is 0.00741. The number of alkyl halides is 1. The van der Waals surface area contributed by atoms with Crippen LogP contribution in [0.2, 0.25) is 0 Å². The number of fused-ring (bicyclic) bond motifs is 4. The number of aromatic hydroxyl groups is 1. The van der Waals surface area contributed by atoms with Crippen LogP contribution >= 0.6 is 11.6 Å². The molecule has 268 valence electrons. The van der Waals surface area contributed by atoms with Crippen LogP contribution in [0.3, 0.4) is 0 Å². The molecule has 0 saturated carbocycles. The smallest absolute Gasteiger partial charge is 0.278 e. The summed E-state index contributed by atoms with van der Waals surface area (Å²) < 4.78 is 29.0. The number of aliphatic hydroxyl groups is 1. The molecule has 1 atom stereocenters. The van der Waals surface area contributed by atoms with Gasteiger partial charge in [0, 0.05) is 53.1 Å². The number of phenolic OH excluding ortho intramolecular Hbond substituents is 1. The maximum Gasteiger partial charge on any atom is 0.278 e. The highest BCUT2D eigenvalue weighted by atomic mass is 35.5. The maximum absolute atomic E-state index is 13.9. The molecule has 0 saturated heterocycles. The van der Waals surface area contributed by atoms with E-state index in [-0.39, 0.29) is 41.7 Å². The second-order valence-electron chi connectivity index (χ2n) is 11.7. The van der Waals surface area contributed by atoms with Gasteiger partial charge in [-0.1, -0.05) is 12.1 Å². The molecule has 0 fully saturated rings. The minimum Gasteiger partial charge on any atom is -0.507 e. The lowest BCUT2D eigenvalue weighted by atomic mass is 9.94. The summed E-state index contributed by atoms with van der Waals surface area (Å²) in [4.78, 5) is 33.0. The van der Waals surface area contributed by atoms with Gasteiger partial charge in [0.2, 0.25) is 0 Å². The lowest BCUT2D eigenvalue weighted by molar-refractivity contribution is 0.00361. The number of phenols is 1. The van der Waals surface area contributed by atoms with Gasteiger partial charge >= 0.3 is 0 Å². The van der Waals surface area contributed by atoms with Gasteiger partial charge in [0.1, 0.15) is 35.2 Å². The van der Waals surface area contributed by atoms with Crippen LogP contribution in [-0.2, 0) is 14.2 Å². The number of pyridine rings is 1. The van der Waals surface area contributed by atoms with Crippen LogP contribution in [0, 0.1) is 0 Å². The number of nitrogens with one attached hydrogen (secondary N) is 1. The van der Waals surface area contributed by atoms with Crippen molar-refractivity contribution in [3.8, 4) is 17.2 Å². The van der Waals surface area contributed by atoms with E-state index in [4.69, 9.17) is 40.4 Å². The van der Waals surface area contributed by atoms with Crippen molar-refractivity contribution >= 4 is 51.2 Å². The number of carbonyl (C=O) groups excluding carboxylic acids is 2. The van der Waals surface area contributed by atoms with E-state index in [1.807, 2.05) is 12.1 Å². The van der Waals surface area contributed by atoms with Gasteiger partial charge < -0.3 is 48.5 Å². The molecule has 3 aromatic carbocycles. The Balaban J connectivity index is 1.05. The number of halogens is 1. The summed E-state index contributed by atoms with van der Waals surface area (Å²) in [5, 5.41) is 23.8. The Labute approximate surface area is 299 Å². The van der Waals surface area contributed by atoms with Gasteiger partial charge in [0.05, 0.1) is 64.7 Å². The summed E-state index contributed by atoms with van der Waals surface area (Å²) in [7, 11) is 1.57. The number of hydrogen-bond donors (Lipinski definition) is 3. The number of anilines is 2. The van der Waals surface area contributed by atoms with E-state index in [0.29, 0.717) is 92.3 Å². The molecule has 0 aliphatic carbocycles. The van der Waals surface area contributed by atoms with Gasteiger partial charge in [-0.15, -0.1) is 11.6 Å². The van der Waals surface area contributed by atoms with Crippen LogP contribution in [0.15, 0.2) is 73.1 Å². The number of hydrogen-bond acceptors (Lipinski definition) is 10. The van der Waals surface area contributed by atoms with Crippen LogP contribution in [-0.4, -0.2) is 104 Å². The molecule has 3 heterocycles. The first kappa shape index (κ1) is 35.9. The zero-order valence-corrected chi connectivity index (χ0v) is 28.8. The normalized spacial score (nSPS) is 13.9. The molecule has 0 unspecified atom stereocenters.